The molecular weight excluding hydrogens is 578 g/mol. The number of amides is 1. The molecule has 0 bridgehead atoms. The summed E-state index contributed by atoms with van der Waals surface area (Å²) in [4.78, 5) is 29.4. The van der Waals surface area contributed by atoms with Gasteiger partial charge < -0.3 is 19.7 Å². The van der Waals surface area contributed by atoms with Crippen LogP contribution in [0, 0.1) is 0 Å². The van der Waals surface area contributed by atoms with Crippen LogP contribution in [0.1, 0.15) is 36.7 Å². The number of carbonyl (C=O) groups is 2. The van der Waals surface area contributed by atoms with E-state index < -0.39 is 27.1 Å². The molecule has 230 valence electrons. The van der Waals surface area contributed by atoms with E-state index in [4.69, 9.17) is 9.47 Å². The van der Waals surface area contributed by atoms with Crippen molar-refractivity contribution in [3.8, 4) is 16.9 Å². The summed E-state index contributed by atoms with van der Waals surface area (Å²) >= 11 is 0. The van der Waals surface area contributed by atoms with Crippen molar-refractivity contribution >= 4 is 49.5 Å². The van der Waals surface area contributed by atoms with E-state index in [1.807, 2.05) is 51.1 Å². The number of ketones is 1. The molecule has 1 aliphatic rings. The second kappa shape index (κ2) is 12.3. The number of hydrogen-bond donors (Lipinski definition) is 2. The summed E-state index contributed by atoms with van der Waals surface area (Å²) < 4.78 is 37.6. The van der Waals surface area contributed by atoms with Crippen molar-refractivity contribution in [1.29, 1.82) is 0 Å². The Morgan fingerprint density at radius 2 is 1.52 bits per heavy atom. The average molecular weight is 616 g/mol. The van der Waals surface area contributed by atoms with Gasteiger partial charge in [0.1, 0.15) is 0 Å². The summed E-state index contributed by atoms with van der Waals surface area (Å²) in [5, 5.41) is 4.18. The Morgan fingerprint density at radius 3 is 2.14 bits per heavy atom. The van der Waals surface area contributed by atoms with E-state index in [-0.39, 0.29) is 22.7 Å². The predicted molar refractivity (Wildman–Crippen MR) is 176 cm³/mol. The quantitative estimate of drug-likeness (QED) is 0.189. The SMILES string of the molecule is COc1c(NC(=O)C(=O)c2ccc(-c3ccc(N4CCOCC4)cc3)c3ccccc23)cc(C(C)(C)C)cc1NS(C)(=O)=O. The summed E-state index contributed by atoms with van der Waals surface area (Å²) in [7, 11) is -2.28. The molecule has 4 aromatic rings. The Bertz CT molecular complexity index is 1820. The number of methoxy groups -OCH3 is 1. The highest BCUT2D eigenvalue weighted by Crippen LogP contribution is 2.39. The molecule has 4 aromatic carbocycles. The maximum Gasteiger partial charge on any atom is 0.296 e. The number of carbonyl (C=O) groups excluding carboxylic acids is 2. The number of benzene rings is 4. The van der Waals surface area contributed by atoms with E-state index in [1.54, 1.807) is 18.2 Å². The summed E-state index contributed by atoms with van der Waals surface area (Å²) in [6, 6.07) is 22.7. The number of hydrogen-bond acceptors (Lipinski definition) is 7. The molecule has 0 saturated carbocycles. The highest BCUT2D eigenvalue weighted by Gasteiger charge is 2.25. The van der Waals surface area contributed by atoms with Gasteiger partial charge in [-0.25, -0.2) is 8.42 Å². The number of morpholine rings is 1. The van der Waals surface area contributed by atoms with Crippen LogP contribution in [0.25, 0.3) is 21.9 Å². The van der Waals surface area contributed by atoms with Crippen LogP contribution in [0.4, 0.5) is 17.1 Å². The summed E-state index contributed by atoms with van der Waals surface area (Å²) in [6.07, 6.45) is 1.03. The van der Waals surface area contributed by atoms with Gasteiger partial charge in [-0.15, -0.1) is 0 Å². The lowest BCUT2D eigenvalue weighted by atomic mass is 9.86. The second-order valence-corrected chi connectivity index (χ2v) is 13.6. The van der Waals surface area contributed by atoms with Crippen molar-refractivity contribution in [2.75, 3.05) is 54.6 Å². The number of nitrogens with one attached hydrogen (secondary N) is 2. The smallest absolute Gasteiger partial charge is 0.296 e. The molecule has 1 fully saturated rings. The Labute approximate surface area is 258 Å². The standard InChI is InChI=1S/C34H37N3O6S/c1-34(2,3)23-20-29(32(42-4)30(21-23)36-44(5,40)41)35-33(39)31(38)28-15-14-25(26-8-6-7-9-27(26)28)22-10-12-24(13-11-22)37-16-18-43-19-17-37/h6-15,20-21,36H,16-19H2,1-5H3,(H,35,39). The fraction of sp³-hybridized carbons (Fsp3) is 0.294. The van der Waals surface area contributed by atoms with Crippen molar-refractivity contribution in [1.82, 2.24) is 0 Å². The third-order valence-electron chi connectivity index (χ3n) is 7.63. The molecule has 9 nitrogen and oxygen atoms in total. The lowest BCUT2D eigenvalue weighted by molar-refractivity contribution is -0.112. The Balaban J connectivity index is 1.48. The van der Waals surface area contributed by atoms with Gasteiger partial charge in [0.2, 0.25) is 10.0 Å². The Morgan fingerprint density at radius 1 is 0.886 bits per heavy atom. The largest absolute Gasteiger partial charge is 0.492 e. The van der Waals surface area contributed by atoms with Crippen LogP contribution < -0.4 is 19.7 Å². The van der Waals surface area contributed by atoms with Crippen molar-refractivity contribution < 1.29 is 27.5 Å². The topological polar surface area (TPSA) is 114 Å². The number of nitrogens with zero attached hydrogens (tertiary/aromatic N) is 1. The first kappa shape index (κ1) is 31.0. The molecule has 0 aliphatic carbocycles. The molecule has 0 radical (unpaired) electrons. The zero-order valence-corrected chi connectivity index (χ0v) is 26.4. The lowest BCUT2D eigenvalue weighted by Gasteiger charge is -2.29. The summed E-state index contributed by atoms with van der Waals surface area (Å²) in [5.41, 5.74) is 4.03. The zero-order chi connectivity index (χ0) is 31.6. The minimum absolute atomic E-state index is 0.102. The fourth-order valence-electron chi connectivity index (χ4n) is 5.37. The third kappa shape index (κ3) is 6.71. The van der Waals surface area contributed by atoms with Gasteiger partial charge >= 0.3 is 0 Å². The van der Waals surface area contributed by atoms with E-state index >= 15 is 0 Å². The Kier molecular flexibility index (Phi) is 8.67. The molecule has 2 N–H and O–H groups in total. The summed E-state index contributed by atoms with van der Waals surface area (Å²) in [5.74, 6) is -1.49. The summed E-state index contributed by atoms with van der Waals surface area (Å²) in [6.45, 7) is 9.00. The van der Waals surface area contributed by atoms with Crippen LogP contribution in [0.15, 0.2) is 72.8 Å². The number of fused-ring (bicyclic) bond motifs is 1. The molecule has 1 saturated heterocycles. The molecule has 1 aliphatic heterocycles. The van der Waals surface area contributed by atoms with Crippen LogP contribution in [-0.4, -0.2) is 59.8 Å². The predicted octanol–water partition coefficient (Wildman–Crippen LogP) is 5.84. The third-order valence-corrected chi connectivity index (χ3v) is 8.22. The van der Waals surface area contributed by atoms with Gasteiger partial charge in [-0.2, -0.15) is 0 Å². The van der Waals surface area contributed by atoms with Crippen LogP contribution >= 0.6 is 0 Å². The van der Waals surface area contributed by atoms with Gasteiger partial charge in [0, 0.05) is 24.3 Å². The maximum atomic E-state index is 13.6. The van der Waals surface area contributed by atoms with E-state index in [2.05, 4.69) is 39.2 Å². The van der Waals surface area contributed by atoms with Gasteiger partial charge in [-0.3, -0.25) is 14.3 Å². The molecule has 1 heterocycles. The normalized spacial score (nSPS) is 13.9. The van der Waals surface area contributed by atoms with Crippen molar-refractivity contribution in [3.05, 3.63) is 83.9 Å². The molecule has 0 unspecified atom stereocenters. The van der Waals surface area contributed by atoms with Crippen molar-refractivity contribution in [3.63, 3.8) is 0 Å². The molecule has 10 heteroatoms. The first-order valence-electron chi connectivity index (χ1n) is 14.4. The number of sulfonamides is 1. The fourth-order valence-corrected chi connectivity index (χ4v) is 5.92. The molecular formula is C34H37N3O6S. The van der Waals surface area contributed by atoms with Crippen LogP contribution in [0.2, 0.25) is 0 Å². The molecule has 0 atom stereocenters. The number of Topliss-reactive ketones (excluding diaryl/α,β-unsaturated/α-hetero) is 1. The monoisotopic (exact) mass is 615 g/mol. The molecule has 44 heavy (non-hydrogen) atoms. The number of ether oxygens (including phenoxy) is 2. The van der Waals surface area contributed by atoms with E-state index in [0.717, 1.165) is 47.1 Å². The maximum absolute atomic E-state index is 13.6. The van der Waals surface area contributed by atoms with E-state index in [9.17, 15) is 18.0 Å². The van der Waals surface area contributed by atoms with Gasteiger partial charge in [-0.1, -0.05) is 63.2 Å². The first-order valence-corrected chi connectivity index (χ1v) is 16.3. The number of rotatable bonds is 8. The molecule has 5 rings (SSSR count). The molecule has 0 spiro atoms. The molecule has 0 aromatic heterocycles. The van der Waals surface area contributed by atoms with Crippen LogP contribution in [-0.2, 0) is 25.0 Å². The number of anilines is 3. The van der Waals surface area contributed by atoms with Gasteiger partial charge in [0.15, 0.2) is 5.75 Å². The van der Waals surface area contributed by atoms with Crippen molar-refractivity contribution in [2.24, 2.45) is 0 Å². The lowest BCUT2D eigenvalue weighted by Crippen LogP contribution is -2.36. The average Bonchev–Trinajstić information content (AvgIpc) is 2.99. The minimum atomic E-state index is -3.65. The second-order valence-electron chi connectivity index (χ2n) is 11.9. The first-order chi connectivity index (χ1) is 20.9. The van der Waals surface area contributed by atoms with Gasteiger partial charge in [0.25, 0.3) is 11.7 Å². The Hall–Kier alpha value is -4.41. The van der Waals surface area contributed by atoms with Crippen LogP contribution in [0.3, 0.4) is 0 Å². The van der Waals surface area contributed by atoms with Crippen LogP contribution in [0.5, 0.6) is 5.75 Å². The van der Waals surface area contributed by atoms with Gasteiger partial charge in [-0.05, 0) is 63.2 Å². The van der Waals surface area contributed by atoms with Gasteiger partial charge in [0.05, 0.1) is 38.0 Å². The molecule has 1 amide bonds. The highest BCUT2D eigenvalue weighted by molar-refractivity contribution is 7.92. The zero-order valence-electron chi connectivity index (χ0n) is 25.6. The van der Waals surface area contributed by atoms with E-state index in [0.29, 0.717) is 18.6 Å². The minimum Gasteiger partial charge on any atom is -0.492 e. The van der Waals surface area contributed by atoms with E-state index in [1.165, 1.54) is 7.11 Å². The van der Waals surface area contributed by atoms with Crippen molar-refractivity contribution in [2.45, 2.75) is 26.2 Å². The highest BCUT2D eigenvalue weighted by atomic mass is 32.2.